The number of hydrogen-bond donors (Lipinski definition) is 2. The zero-order valence-electron chi connectivity index (χ0n) is 9.85. The number of carboxylic acid groups (broad SMARTS) is 1. The highest BCUT2D eigenvalue weighted by Gasteiger charge is 2.05. The summed E-state index contributed by atoms with van der Waals surface area (Å²) in [7, 11) is 0. The molecule has 0 atom stereocenters. The molecule has 0 aliphatic carbocycles. The van der Waals surface area contributed by atoms with Gasteiger partial charge in [0, 0.05) is 12.8 Å². The maximum absolute atomic E-state index is 11.5. The first kappa shape index (κ1) is 13.7. The topological polar surface area (TPSA) is 79.3 Å². The molecule has 0 radical (unpaired) electrons. The smallest absolute Gasteiger partial charge is 0.354 e. The van der Waals surface area contributed by atoms with E-state index in [1.54, 1.807) is 0 Å². The normalized spacial score (nSPS) is 9.50. The molecule has 0 unspecified atom stereocenters. The highest BCUT2D eigenvalue weighted by atomic mass is 16.4. The van der Waals surface area contributed by atoms with Gasteiger partial charge in [-0.15, -0.1) is 12.3 Å². The number of unbranched alkanes of at least 4 members (excludes halogenated alkanes) is 2. The second kappa shape index (κ2) is 7.07. The number of aromatic carboxylic acids is 1. The third-order valence-electron chi connectivity index (χ3n) is 2.24. The highest BCUT2D eigenvalue weighted by molar-refractivity contribution is 5.91. The summed E-state index contributed by atoms with van der Waals surface area (Å²) in [6, 6.07) is 2.85. The second-order valence-electron chi connectivity index (χ2n) is 3.70. The molecule has 0 saturated carbocycles. The van der Waals surface area contributed by atoms with Crippen molar-refractivity contribution < 1.29 is 14.7 Å². The Hall–Kier alpha value is -2.35. The summed E-state index contributed by atoms with van der Waals surface area (Å²) < 4.78 is 0. The van der Waals surface area contributed by atoms with Gasteiger partial charge >= 0.3 is 5.97 Å². The molecule has 1 amide bonds. The molecule has 0 spiro atoms. The van der Waals surface area contributed by atoms with E-state index in [0.29, 0.717) is 18.5 Å². The summed E-state index contributed by atoms with van der Waals surface area (Å²) in [6.07, 6.45) is 9.04. The van der Waals surface area contributed by atoms with Gasteiger partial charge in [0.05, 0.1) is 11.9 Å². The minimum Gasteiger partial charge on any atom is -0.477 e. The predicted octanol–water partition coefficient (Wildman–Crippen LogP) is 1.91. The minimum absolute atomic E-state index is 0.0537. The monoisotopic (exact) mass is 246 g/mol. The fourth-order valence-corrected chi connectivity index (χ4v) is 1.33. The number of hydrogen-bond acceptors (Lipinski definition) is 3. The van der Waals surface area contributed by atoms with Gasteiger partial charge in [0.15, 0.2) is 0 Å². The van der Waals surface area contributed by atoms with E-state index in [2.05, 4.69) is 16.2 Å². The number of carboxylic acids is 1. The Morgan fingerprint density at radius 1 is 1.39 bits per heavy atom. The van der Waals surface area contributed by atoms with Crippen LogP contribution in [0.2, 0.25) is 0 Å². The Balaban J connectivity index is 2.40. The van der Waals surface area contributed by atoms with Crippen LogP contribution in [-0.2, 0) is 4.79 Å². The average molecular weight is 246 g/mol. The molecule has 0 aliphatic heterocycles. The predicted molar refractivity (Wildman–Crippen MR) is 67.1 cm³/mol. The van der Waals surface area contributed by atoms with E-state index in [9.17, 15) is 9.59 Å². The molecule has 18 heavy (non-hydrogen) atoms. The molecule has 0 saturated heterocycles. The van der Waals surface area contributed by atoms with Crippen molar-refractivity contribution in [3.05, 3.63) is 24.0 Å². The van der Waals surface area contributed by atoms with Crippen LogP contribution in [0.15, 0.2) is 18.3 Å². The van der Waals surface area contributed by atoms with Crippen molar-refractivity contribution in [1.29, 1.82) is 0 Å². The van der Waals surface area contributed by atoms with Crippen LogP contribution >= 0.6 is 0 Å². The molecule has 1 rings (SSSR count). The fourth-order valence-electron chi connectivity index (χ4n) is 1.33. The molecule has 1 aromatic heterocycles. The van der Waals surface area contributed by atoms with E-state index >= 15 is 0 Å². The number of nitrogens with zero attached hydrogens (tertiary/aromatic N) is 1. The lowest BCUT2D eigenvalue weighted by atomic mass is 10.2. The van der Waals surface area contributed by atoms with Gasteiger partial charge < -0.3 is 10.4 Å². The van der Waals surface area contributed by atoms with Crippen molar-refractivity contribution in [1.82, 2.24) is 4.98 Å². The first-order valence-electron chi connectivity index (χ1n) is 5.56. The minimum atomic E-state index is -1.10. The van der Waals surface area contributed by atoms with Crippen molar-refractivity contribution in [3.63, 3.8) is 0 Å². The lowest BCUT2D eigenvalue weighted by Crippen LogP contribution is -2.11. The number of carbonyl (C=O) groups excluding carboxylic acids is 1. The van der Waals surface area contributed by atoms with Gasteiger partial charge in [0.25, 0.3) is 0 Å². The summed E-state index contributed by atoms with van der Waals surface area (Å²) in [4.78, 5) is 25.8. The Kier molecular flexibility index (Phi) is 5.39. The Bertz CT molecular complexity index is 460. The lowest BCUT2D eigenvalue weighted by Gasteiger charge is -2.04. The van der Waals surface area contributed by atoms with Crippen LogP contribution < -0.4 is 5.32 Å². The van der Waals surface area contributed by atoms with Crippen LogP contribution in [0.4, 0.5) is 5.69 Å². The van der Waals surface area contributed by atoms with Crippen molar-refractivity contribution in [2.24, 2.45) is 0 Å². The standard InChI is InChI=1S/C13H14N2O3/c1-2-3-4-5-6-12(16)15-10-7-8-11(13(17)18)14-9-10/h1,7-9H,3-6H2,(H,15,16)(H,17,18). The summed E-state index contributed by atoms with van der Waals surface area (Å²) in [5, 5.41) is 11.3. The Morgan fingerprint density at radius 2 is 2.17 bits per heavy atom. The van der Waals surface area contributed by atoms with Crippen molar-refractivity contribution in [2.75, 3.05) is 5.32 Å². The van der Waals surface area contributed by atoms with Crippen molar-refractivity contribution in [3.8, 4) is 12.3 Å². The third-order valence-corrected chi connectivity index (χ3v) is 2.24. The number of aromatic nitrogens is 1. The highest BCUT2D eigenvalue weighted by Crippen LogP contribution is 2.08. The van der Waals surface area contributed by atoms with E-state index < -0.39 is 5.97 Å². The van der Waals surface area contributed by atoms with Gasteiger partial charge in [0.1, 0.15) is 5.69 Å². The molecule has 0 fully saturated rings. The van der Waals surface area contributed by atoms with Crippen LogP contribution in [0, 0.1) is 12.3 Å². The number of pyridine rings is 1. The second-order valence-corrected chi connectivity index (χ2v) is 3.70. The summed E-state index contributed by atoms with van der Waals surface area (Å²) in [6.45, 7) is 0. The molecule has 5 heteroatoms. The van der Waals surface area contributed by atoms with Gasteiger partial charge in [-0.3, -0.25) is 4.79 Å². The quantitative estimate of drug-likeness (QED) is 0.593. The number of carbonyl (C=O) groups is 2. The van der Waals surface area contributed by atoms with Crippen molar-refractivity contribution >= 4 is 17.6 Å². The molecular weight excluding hydrogens is 232 g/mol. The molecule has 5 nitrogen and oxygen atoms in total. The average Bonchev–Trinajstić information content (AvgIpc) is 2.35. The van der Waals surface area contributed by atoms with Crippen LogP contribution in [-0.4, -0.2) is 22.0 Å². The number of terminal acetylenes is 1. The molecule has 1 heterocycles. The zero-order valence-corrected chi connectivity index (χ0v) is 9.85. The van der Waals surface area contributed by atoms with E-state index in [-0.39, 0.29) is 11.6 Å². The van der Waals surface area contributed by atoms with Gasteiger partial charge in [-0.2, -0.15) is 0 Å². The molecular formula is C13H14N2O3. The summed E-state index contributed by atoms with van der Waals surface area (Å²) in [5.74, 6) is 1.29. The lowest BCUT2D eigenvalue weighted by molar-refractivity contribution is -0.116. The number of amides is 1. The van der Waals surface area contributed by atoms with Gasteiger partial charge in [-0.25, -0.2) is 9.78 Å². The van der Waals surface area contributed by atoms with Crippen LogP contribution in [0.25, 0.3) is 0 Å². The number of rotatable bonds is 6. The van der Waals surface area contributed by atoms with Gasteiger partial charge in [0.2, 0.25) is 5.91 Å². The molecule has 94 valence electrons. The van der Waals surface area contributed by atoms with Crippen LogP contribution in [0.5, 0.6) is 0 Å². The summed E-state index contributed by atoms with van der Waals surface area (Å²) in [5.41, 5.74) is 0.434. The van der Waals surface area contributed by atoms with E-state index in [1.807, 2.05) is 0 Å². The first-order valence-corrected chi connectivity index (χ1v) is 5.56. The molecule has 2 N–H and O–H groups in total. The molecule has 0 bridgehead atoms. The number of nitrogens with one attached hydrogen (secondary N) is 1. The SMILES string of the molecule is C#CCCCCC(=O)Nc1ccc(C(=O)O)nc1. The van der Waals surface area contributed by atoms with Crippen molar-refractivity contribution in [2.45, 2.75) is 25.7 Å². The maximum Gasteiger partial charge on any atom is 0.354 e. The van der Waals surface area contributed by atoms with Gasteiger partial charge in [-0.05, 0) is 25.0 Å². The Labute approximate surface area is 105 Å². The van der Waals surface area contributed by atoms with E-state index in [0.717, 1.165) is 12.8 Å². The largest absolute Gasteiger partial charge is 0.477 e. The molecule has 0 aliphatic rings. The Morgan fingerprint density at radius 3 is 2.72 bits per heavy atom. The number of anilines is 1. The summed E-state index contributed by atoms with van der Waals surface area (Å²) >= 11 is 0. The fraction of sp³-hybridized carbons (Fsp3) is 0.308. The van der Waals surface area contributed by atoms with E-state index in [4.69, 9.17) is 11.5 Å². The molecule has 1 aromatic rings. The maximum atomic E-state index is 11.5. The van der Waals surface area contributed by atoms with E-state index in [1.165, 1.54) is 18.3 Å². The van der Waals surface area contributed by atoms with Crippen LogP contribution in [0.3, 0.4) is 0 Å². The van der Waals surface area contributed by atoms with Crippen LogP contribution in [0.1, 0.15) is 36.2 Å². The molecule has 0 aromatic carbocycles. The first-order chi connectivity index (χ1) is 8.63. The van der Waals surface area contributed by atoms with Gasteiger partial charge in [-0.1, -0.05) is 0 Å². The third kappa shape index (κ3) is 4.66. The zero-order chi connectivity index (χ0) is 13.4.